The van der Waals surface area contributed by atoms with Gasteiger partial charge in [0.2, 0.25) is 0 Å². The highest BCUT2D eigenvalue weighted by molar-refractivity contribution is 5.80. The van der Waals surface area contributed by atoms with Crippen molar-refractivity contribution in [2.45, 2.75) is 12.4 Å². The van der Waals surface area contributed by atoms with Crippen molar-refractivity contribution >= 4 is 11.9 Å². The zero-order valence-corrected chi connectivity index (χ0v) is 4.29. The molecule has 0 aromatic rings. The lowest BCUT2D eigenvalue weighted by Crippen LogP contribution is -2.32. The predicted octanol–water partition coefficient (Wildman–Crippen LogP) is -1.13. The molecular weight excluding hydrogens is 126 g/mol. The van der Waals surface area contributed by atoms with E-state index in [2.05, 4.69) is 5.73 Å². The molecule has 5 heteroatoms. The number of hydrogen-bond donors (Lipinski definition) is 3. The molecule has 0 aromatic carbocycles. The van der Waals surface area contributed by atoms with E-state index in [1.54, 1.807) is 0 Å². The zero-order chi connectivity index (χ0) is 10.2. The van der Waals surface area contributed by atoms with Crippen molar-refractivity contribution in [2.24, 2.45) is 5.73 Å². The summed E-state index contributed by atoms with van der Waals surface area (Å²) in [6.07, 6.45) is -3.32. The van der Waals surface area contributed by atoms with Gasteiger partial charge in [-0.05, 0) is 0 Å². The molecule has 4 N–H and O–H groups in total. The van der Waals surface area contributed by atoms with Gasteiger partial charge in [0.15, 0.2) is 0 Å². The van der Waals surface area contributed by atoms with Crippen LogP contribution >= 0.6 is 0 Å². The number of carboxylic acids is 2. The highest BCUT2D eigenvalue weighted by Crippen LogP contribution is 1.86. The Morgan fingerprint density at radius 2 is 2.22 bits per heavy atom. The van der Waals surface area contributed by atoms with Gasteiger partial charge in [-0.3, -0.25) is 9.59 Å². The largest absolute Gasteiger partial charge is 0.481 e. The Labute approximate surface area is 55.3 Å². The Morgan fingerprint density at radius 3 is 2.33 bits per heavy atom. The highest BCUT2D eigenvalue weighted by Gasteiger charge is 2.14. The summed E-state index contributed by atoms with van der Waals surface area (Å²) in [7, 11) is 0. The van der Waals surface area contributed by atoms with Crippen molar-refractivity contribution < 1.29 is 23.9 Å². The quantitative estimate of drug-likeness (QED) is 0.456. The summed E-state index contributed by atoms with van der Waals surface area (Å²) in [5, 5.41) is 16.4. The Morgan fingerprint density at radius 1 is 1.78 bits per heavy atom. The molecule has 0 saturated heterocycles. The molecule has 9 heavy (non-hydrogen) atoms. The smallest absolute Gasteiger partial charge is 0.321 e. The molecule has 52 valence electrons. The van der Waals surface area contributed by atoms with Crippen LogP contribution in [0.4, 0.5) is 0 Å². The van der Waals surface area contributed by atoms with Crippen LogP contribution in [-0.2, 0) is 9.59 Å². The van der Waals surface area contributed by atoms with Crippen molar-refractivity contribution in [2.75, 3.05) is 0 Å². The second-order valence-corrected chi connectivity index (χ2v) is 1.15. The first-order valence-electron chi connectivity index (χ1n) is 3.39. The minimum atomic E-state index is -3.32. The van der Waals surface area contributed by atoms with Crippen LogP contribution in [0.1, 0.15) is 10.5 Å². The maximum atomic E-state index is 10.2. The normalized spacial score (nSPS) is 22.6. The number of rotatable bonds is 3. The Balaban J connectivity index is 5.01. The van der Waals surface area contributed by atoms with Gasteiger partial charge in [-0.25, -0.2) is 0 Å². The fourth-order valence-corrected chi connectivity index (χ4v) is 0.169. The van der Waals surface area contributed by atoms with Crippen LogP contribution < -0.4 is 5.73 Å². The van der Waals surface area contributed by atoms with Gasteiger partial charge in [-0.15, -0.1) is 0 Å². The molecular formula is C4H7NO4. The van der Waals surface area contributed by atoms with E-state index in [0.29, 0.717) is 0 Å². The molecule has 1 atom stereocenters. The molecule has 0 aliphatic rings. The minimum Gasteiger partial charge on any atom is -0.481 e. The lowest BCUT2D eigenvalue weighted by molar-refractivity contribution is -0.144. The van der Waals surface area contributed by atoms with E-state index in [4.69, 9.17) is 14.3 Å². The standard InChI is InChI=1S/C4H7NO4/c5-2(4(8)9)1-3(6)7/h2H,1,5H2,(H,6,7)(H,8,9)/t2-/m0/s1/i1D2,2D. The van der Waals surface area contributed by atoms with Crippen molar-refractivity contribution in [1.29, 1.82) is 0 Å². The summed E-state index contributed by atoms with van der Waals surface area (Å²) >= 11 is 0. The lowest BCUT2D eigenvalue weighted by atomic mass is 10.2. The summed E-state index contributed by atoms with van der Waals surface area (Å²) in [4.78, 5) is 20.3. The van der Waals surface area contributed by atoms with Crippen molar-refractivity contribution in [3.05, 3.63) is 0 Å². The number of carbonyl (C=O) groups is 2. The van der Waals surface area contributed by atoms with Crippen LogP contribution in [0.3, 0.4) is 0 Å². The summed E-state index contributed by atoms with van der Waals surface area (Å²) in [6.45, 7) is 0. The van der Waals surface area contributed by atoms with Gasteiger partial charge in [0.1, 0.15) is 6.02 Å². The minimum absolute atomic E-state index is 2.03. The van der Waals surface area contributed by atoms with Crippen molar-refractivity contribution in [3.63, 3.8) is 0 Å². The monoisotopic (exact) mass is 136 g/mol. The summed E-state index contributed by atoms with van der Waals surface area (Å²) in [6, 6.07) is -3.18. The van der Waals surface area contributed by atoms with E-state index < -0.39 is 24.3 Å². The number of carboxylic acid groups (broad SMARTS) is 2. The van der Waals surface area contributed by atoms with E-state index in [0.717, 1.165) is 0 Å². The van der Waals surface area contributed by atoms with Gasteiger partial charge in [0.25, 0.3) is 0 Å². The third-order valence-corrected chi connectivity index (χ3v) is 0.472. The molecule has 0 aliphatic heterocycles. The average Bonchev–Trinajstić information content (AvgIpc) is 1.86. The number of nitrogens with two attached hydrogens (primary N) is 1. The number of hydrogen-bond acceptors (Lipinski definition) is 3. The first-order chi connectivity index (χ1) is 5.14. The molecule has 5 nitrogen and oxygen atoms in total. The Hall–Kier alpha value is -1.10. The molecule has 0 rings (SSSR count). The molecule has 0 aliphatic carbocycles. The van der Waals surface area contributed by atoms with Crippen LogP contribution in [0.5, 0.6) is 0 Å². The molecule has 0 bridgehead atoms. The van der Waals surface area contributed by atoms with Crippen molar-refractivity contribution in [3.8, 4) is 0 Å². The molecule has 0 heterocycles. The Bertz CT molecular complexity index is 202. The molecule has 0 saturated carbocycles. The second kappa shape index (κ2) is 3.03. The molecule has 0 fully saturated rings. The first kappa shape index (κ1) is 3.84. The highest BCUT2D eigenvalue weighted by atomic mass is 16.4. The van der Waals surface area contributed by atoms with Crippen LogP contribution in [0.25, 0.3) is 0 Å². The fraction of sp³-hybridized carbons (Fsp3) is 0.500. The molecule has 0 amide bonds. The van der Waals surface area contributed by atoms with Crippen molar-refractivity contribution in [1.82, 2.24) is 0 Å². The molecule has 0 aromatic heterocycles. The van der Waals surface area contributed by atoms with Gasteiger partial charge in [-0.2, -0.15) is 0 Å². The van der Waals surface area contributed by atoms with E-state index in [-0.39, 0.29) is 0 Å². The maximum Gasteiger partial charge on any atom is 0.321 e. The summed E-state index contributed by atoms with van der Waals surface area (Å²) < 4.78 is 20.1. The van der Waals surface area contributed by atoms with E-state index in [1.807, 2.05) is 0 Å². The second-order valence-electron chi connectivity index (χ2n) is 1.15. The molecule has 0 radical (unpaired) electrons. The fourth-order valence-electron chi connectivity index (χ4n) is 0.169. The predicted molar refractivity (Wildman–Crippen MR) is 27.9 cm³/mol. The number of aliphatic carboxylic acids is 2. The molecule has 0 spiro atoms. The SMILES string of the molecule is [2H]C([2H])(C(=O)O)[C@]([2H])(N)C(=O)O. The maximum absolute atomic E-state index is 10.2. The zero-order valence-electron chi connectivity index (χ0n) is 7.29. The van der Waals surface area contributed by atoms with Crippen LogP contribution in [-0.4, -0.2) is 28.2 Å². The van der Waals surface area contributed by atoms with E-state index >= 15 is 0 Å². The van der Waals surface area contributed by atoms with Gasteiger partial charge >= 0.3 is 11.9 Å². The third-order valence-electron chi connectivity index (χ3n) is 0.472. The van der Waals surface area contributed by atoms with Crippen LogP contribution in [0, 0.1) is 0 Å². The third kappa shape index (κ3) is 3.48. The lowest BCUT2D eigenvalue weighted by Gasteiger charge is -1.99. The topological polar surface area (TPSA) is 101 Å². The first-order valence-corrected chi connectivity index (χ1v) is 1.89. The van der Waals surface area contributed by atoms with Gasteiger partial charge in [0, 0.05) is 2.74 Å². The Kier molecular flexibility index (Phi) is 1.29. The average molecular weight is 136 g/mol. The van der Waals surface area contributed by atoms with Gasteiger partial charge in [-0.1, -0.05) is 0 Å². The van der Waals surface area contributed by atoms with E-state index in [1.165, 1.54) is 0 Å². The summed E-state index contributed by atoms with van der Waals surface area (Å²) in [5.74, 6) is -4.11. The van der Waals surface area contributed by atoms with Gasteiger partial charge in [0.05, 0.1) is 7.74 Å². The van der Waals surface area contributed by atoms with Crippen LogP contribution in [0.15, 0.2) is 0 Å². The summed E-state index contributed by atoms with van der Waals surface area (Å²) in [5.41, 5.74) is 4.65. The molecule has 0 unspecified atom stereocenters. The van der Waals surface area contributed by atoms with E-state index in [9.17, 15) is 9.59 Å². The van der Waals surface area contributed by atoms with Gasteiger partial charge < -0.3 is 15.9 Å². The van der Waals surface area contributed by atoms with Crippen LogP contribution in [0.2, 0.25) is 0 Å².